The lowest BCUT2D eigenvalue weighted by Crippen LogP contribution is -2.22. The van der Waals surface area contributed by atoms with Crippen molar-refractivity contribution in [3.05, 3.63) is 54.2 Å². The van der Waals surface area contributed by atoms with Crippen molar-refractivity contribution in [2.24, 2.45) is 10.7 Å². The zero-order valence-electron chi connectivity index (χ0n) is 13.5. The van der Waals surface area contributed by atoms with E-state index in [9.17, 15) is 0 Å². The summed E-state index contributed by atoms with van der Waals surface area (Å²) in [4.78, 5) is 8.68. The molecule has 5 nitrogen and oxygen atoms in total. The number of para-hydroxylation sites is 1. The first-order valence-electron chi connectivity index (χ1n) is 8.03. The van der Waals surface area contributed by atoms with Crippen molar-refractivity contribution < 1.29 is 4.74 Å². The van der Waals surface area contributed by atoms with Crippen molar-refractivity contribution in [3.63, 3.8) is 0 Å². The fraction of sp³-hybridized carbons (Fsp3) is 0.333. The van der Waals surface area contributed by atoms with E-state index in [-0.39, 0.29) is 24.0 Å². The van der Waals surface area contributed by atoms with Crippen LogP contribution >= 0.6 is 24.0 Å². The number of aliphatic imine (C=N–C) groups is 1. The van der Waals surface area contributed by atoms with Crippen LogP contribution in [0.2, 0.25) is 0 Å². The standard InChI is InChI=1S/C18H22N4O.HI/c19-18(22-15-6-2-1-3-7-15)21-13-14-10-11-17(20-12-14)23-16-8-4-5-9-16;/h1-3,6-7,10-12,16H,4-5,8-9,13H2,(H3,19,21,22);1H. The van der Waals surface area contributed by atoms with Crippen LogP contribution in [0.3, 0.4) is 0 Å². The molecule has 0 radical (unpaired) electrons. The normalized spacial score (nSPS) is 14.9. The monoisotopic (exact) mass is 438 g/mol. The van der Waals surface area contributed by atoms with Crippen molar-refractivity contribution in [2.75, 3.05) is 5.32 Å². The van der Waals surface area contributed by atoms with Gasteiger partial charge in [0.25, 0.3) is 0 Å². The molecule has 128 valence electrons. The Hall–Kier alpha value is -1.83. The first-order chi connectivity index (χ1) is 11.3. The maximum Gasteiger partial charge on any atom is 0.213 e. The van der Waals surface area contributed by atoms with Gasteiger partial charge in [0, 0.05) is 18.0 Å². The summed E-state index contributed by atoms with van der Waals surface area (Å²) in [5.41, 5.74) is 7.81. The molecule has 0 atom stereocenters. The van der Waals surface area contributed by atoms with E-state index < -0.39 is 0 Å². The van der Waals surface area contributed by atoms with Crippen molar-refractivity contribution in [1.82, 2.24) is 4.98 Å². The third-order valence-electron chi connectivity index (χ3n) is 3.87. The SMILES string of the molecule is I.NC(=NCc1ccc(OC2CCCC2)nc1)Nc1ccccc1. The van der Waals surface area contributed by atoms with Crippen molar-refractivity contribution in [1.29, 1.82) is 0 Å². The lowest BCUT2D eigenvalue weighted by molar-refractivity contribution is 0.201. The summed E-state index contributed by atoms with van der Waals surface area (Å²) >= 11 is 0. The van der Waals surface area contributed by atoms with Gasteiger partial charge in [-0.1, -0.05) is 24.3 Å². The van der Waals surface area contributed by atoms with Gasteiger partial charge in [0.2, 0.25) is 5.88 Å². The first-order valence-corrected chi connectivity index (χ1v) is 8.03. The highest BCUT2D eigenvalue weighted by Gasteiger charge is 2.16. The average molecular weight is 438 g/mol. The molecule has 0 saturated heterocycles. The molecule has 1 saturated carbocycles. The van der Waals surface area contributed by atoms with Crippen molar-refractivity contribution >= 4 is 35.6 Å². The summed E-state index contributed by atoms with van der Waals surface area (Å²) in [5, 5.41) is 3.05. The lowest BCUT2D eigenvalue weighted by atomic mass is 10.3. The Balaban J connectivity index is 0.00000208. The number of benzene rings is 1. The summed E-state index contributed by atoms with van der Waals surface area (Å²) in [7, 11) is 0. The fourth-order valence-electron chi connectivity index (χ4n) is 2.64. The van der Waals surface area contributed by atoms with Crippen LogP contribution in [0.4, 0.5) is 5.69 Å². The number of aromatic nitrogens is 1. The van der Waals surface area contributed by atoms with E-state index in [0.29, 0.717) is 24.5 Å². The molecular weight excluding hydrogens is 415 g/mol. The number of hydrogen-bond acceptors (Lipinski definition) is 3. The Morgan fingerprint density at radius 1 is 1.17 bits per heavy atom. The molecule has 0 bridgehead atoms. The molecule has 0 amide bonds. The molecule has 0 spiro atoms. The predicted octanol–water partition coefficient (Wildman–Crippen LogP) is 3.95. The molecule has 0 unspecified atom stereocenters. The zero-order chi connectivity index (χ0) is 15.9. The molecule has 1 aromatic carbocycles. The topological polar surface area (TPSA) is 72.5 Å². The Morgan fingerprint density at radius 3 is 2.58 bits per heavy atom. The number of ether oxygens (including phenoxy) is 1. The number of nitrogens with one attached hydrogen (secondary N) is 1. The minimum absolute atomic E-state index is 0. The second kappa shape index (κ2) is 9.46. The van der Waals surface area contributed by atoms with Gasteiger partial charge in [-0.05, 0) is 43.4 Å². The highest BCUT2D eigenvalue weighted by atomic mass is 127. The maximum absolute atomic E-state index is 5.89. The third-order valence-corrected chi connectivity index (χ3v) is 3.87. The number of hydrogen-bond donors (Lipinski definition) is 2. The van der Waals surface area contributed by atoms with Crippen LogP contribution in [0.15, 0.2) is 53.7 Å². The van der Waals surface area contributed by atoms with E-state index in [4.69, 9.17) is 10.5 Å². The van der Waals surface area contributed by atoms with E-state index in [1.54, 1.807) is 6.20 Å². The summed E-state index contributed by atoms with van der Waals surface area (Å²) < 4.78 is 5.85. The van der Waals surface area contributed by atoms with Gasteiger partial charge in [-0.15, -0.1) is 24.0 Å². The van der Waals surface area contributed by atoms with Gasteiger partial charge in [0.15, 0.2) is 5.96 Å². The van der Waals surface area contributed by atoms with Gasteiger partial charge < -0.3 is 15.8 Å². The number of halogens is 1. The smallest absolute Gasteiger partial charge is 0.213 e. The molecule has 1 aliphatic carbocycles. The quantitative estimate of drug-likeness (QED) is 0.421. The van der Waals surface area contributed by atoms with Crippen LogP contribution in [0.25, 0.3) is 0 Å². The van der Waals surface area contributed by atoms with E-state index in [1.165, 1.54) is 12.8 Å². The minimum Gasteiger partial charge on any atom is -0.474 e. The van der Waals surface area contributed by atoms with Crippen molar-refractivity contribution in [2.45, 2.75) is 38.3 Å². The highest BCUT2D eigenvalue weighted by molar-refractivity contribution is 14.0. The number of rotatable bonds is 5. The van der Waals surface area contributed by atoms with Gasteiger partial charge in [0.1, 0.15) is 6.10 Å². The fourth-order valence-corrected chi connectivity index (χ4v) is 2.64. The second-order valence-electron chi connectivity index (χ2n) is 5.72. The molecule has 0 aliphatic heterocycles. The van der Waals surface area contributed by atoms with Crippen LogP contribution in [-0.2, 0) is 6.54 Å². The number of anilines is 1. The largest absolute Gasteiger partial charge is 0.474 e. The summed E-state index contributed by atoms with van der Waals surface area (Å²) in [6.07, 6.45) is 6.90. The van der Waals surface area contributed by atoms with E-state index in [0.717, 1.165) is 24.1 Å². The molecule has 3 rings (SSSR count). The second-order valence-corrected chi connectivity index (χ2v) is 5.72. The molecule has 3 N–H and O–H groups in total. The Kier molecular flexibility index (Phi) is 7.30. The molecule has 1 fully saturated rings. The molecular formula is C18H23IN4O. The number of nitrogens with two attached hydrogens (primary N) is 1. The first kappa shape index (κ1) is 18.5. The van der Waals surface area contributed by atoms with Gasteiger partial charge in [-0.2, -0.15) is 0 Å². The van der Waals surface area contributed by atoms with Gasteiger partial charge >= 0.3 is 0 Å². The molecule has 6 heteroatoms. The van der Waals surface area contributed by atoms with E-state index in [1.807, 2.05) is 42.5 Å². The lowest BCUT2D eigenvalue weighted by Gasteiger charge is -2.11. The van der Waals surface area contributed by atoms with E-state index >= 15 is 0 Å². The predicted molar refractivity (Wildman–Crippen MR) is 108 cm³/mol. The van der Waals surface area contributed by atoms with Crippen molar-refractivity contribution in [3.8, 4) is 5.88 Å². The summed E-state index contributed by atoms with van der Waals surface area (Å²) in [6.45, 7) is 0.488. The summed E-state index contributed by atoms with van der Waals surface area (Å²) in [5.74, 6) is 1.09. The Bertz CT molecular complexity index is 640. The van der Waals surface area contributed by atoms with Crippen LogP contribution in [0.1, 0.15) is 31.2 Å². The van der Waals surface area contributed by atoms with Crippen LogP contribution in [0, 0.1) is 0 Å². The zero-order valence-corrected chi connectivity index (χ0v) is 15.9. The Labute approximate surface area is 159 Å². The van der Waals surface area contributed by atoms with E-state index in [2.05, 4.69) is 15.3 Å². The minimum atomic E-state index is 0. The van der Waals surface area contributed by atoms with Crippen LogP contribution < -0.4 is 15.8 Å². The molecule has 1 heterocycles. The highest BCUT2D eigenvalue weighted by Crippen LogP contribution is 2.22. The molecule has 2 aromatic rings. The number of pyridine rings is 1. The summed E-state index contributed by atoms with van der Waals surface area (Å²) in [6, 6.07) is 13.6. The molecule has 1 aromatic heterocycles. The third kappa shape index (κ3) is 5.67. The number of guanidine groups is 1. The van der Waals surface area contributed by atoms with Gasteiger partial charge in [-0.3, -0.25) is 0 Å². The van der Waals surface area contributed by atoms with Crippen LogP contribution in [-0.4, -0.2) is 17.0 Å². The maximum atomic E-state index is 5.89. The Morgan fingerprint density at radius 2 is 1.92 bits per heavy atom. The van der Waals surface area contributed by atoms with Crippen LogP contribution in [0.5, 0.6) is 5.88 Å². The number of nitrogens with zero attached hydrogens (tertiary/aromatic N) is 2. The molecule has 24 heavy (non-hydrogen) atoms. The molecule has 1 aliphatic rings. The average Bonchev–Trinajstić information content (AvgIpc) is 3.08. The van der Waals surface area contributed by atoms with Gasteiger partial charge in [-0.25, -0.2) is 9.98 Å². The van der Waals surface area contributed by atoms with Gasteiger partial charge in [0.05, 0.1) is 6.54 Å².